The molecule has 5 heteroatoms. The topological polar surface area (TPSA) is 47.8 Å². The molecule has 0 radical (unpaired) electrons. The van der Waals surface area contributed by atoms with E-state index >= 15 is 0 Å². The molecule has 21 heavy (non-hydrogen) atoms. The van der Waals surface area contributed by atoms with Gasteiger partial charge in [0, 0.05) is 11.8 Å². The second-order valence-electron chi connectivity index (χ2n) is 6.45. The van der Waals surface area contributed by atoms with Gasteiger partial charge in [-0.2, -0.15) is 0 Å². The van der Waals surface area contributed by atoms with Crippen molar-refractivity contribution in [3.8, 4) is 0 Å². The minimum atomic E-state index is -1.18. The Balaban J connectivity index is 2.01. The van der Waals surface area contributed by atoms with E-state index in [9.17, 15) is 9.18 Å². The Morgan fingerprint density at radius 3 is 2.57 bits per heavy atom. The maximum atomic E-state index is 14.2. The molecule has 4 nitrogen and oxygen atoms in total. The SMILES string of the molecule is CC(C)(C)C(=O)c1nc2n(n1)[C@@H](c1ccccc1)C[C@H]2F. The summed E-state index contributed by atoms with van der Waals surface area (Å²) in [5.74, 6) is 0.209. The van der Waals surface area contributed by atoms with Gasteiger partial charge >= 0.3 is 0 Å². The molecule has 0 fully saturated rings. The van der Waals surface area contributed by atoms with Crippen LogP contribution in [-0.2, 0) is 0 Å². The number of hydrogen-bond donors (Lipinski definition) is 0. The van der Waals surface area contributed by atoms with Gasteiger partial charge in [0.25, 0.3) is 0 Å². The summed E-state index contributed by atoms with van der Waals surface area (Å²) >= 11 is 0. The zero-order valence-corrected chi connectivity index (χ0v) is 12.4. The summed E-state index contributed by atoms with van der Waals surface area (Å²) in [6.07, 6.45) is -0.854. The molecule has 0 saturated heterocycles. The number of fused-ring (bicyclic) bond motifs is 1. The lowest BCUT2D eigenvalue weighted by Gasteiger charge is -2.14. The van der Waals surface area contributed by atoms with Crippen LogP contribution in [0.5, 0.6) is 0 Å². The molecule has 3 rings (SSSR count). The highest BCUT2D eigenvalue weighted by Gasteiger charge is 2.37. The van der Waals surface area contributed by atoms with Gasteiger partial charge in [-0.1, -0.05) is 51.1 Å². The average molecular weight is 287 g/mol. The molecule has 1 aliphatic heterocycles. The van der Waals surface area contributed by atoms with Gasteiger partial charge in [0.1, 0.15) is 0 Å². The van der Waals surface area contributed by atoms with Crippen molar-refractivity contribution >= 4 is 5.78 Å². The van der Waals surface area contributed by atoms with E-state index in [1.165, 1.54) is 0 Å². The highest BCUT2D eigenvalue weighted by atomic mass is 19.1. The van der Waals surface area contributed by atoms with Crippen molar-refractivity contribution in [2.24, 2.45) is 5.41 Å². The summed E-state index contributed by atoms with van der Waals surface area (Å²) in [6.45, 7) is 5.43. The van der Waals surface area contributed by atoms with E-state index in [2.05, 4.69) is 10.1 Å². The van der Waals surface area contributed by atoms with E-state index in [-0.39, 0.29) is 23.5 Å². The van der Waals surface area contributed by atoms with Crippen LogP contribution < -0.4 is 0 Å². The molecule has 2 aromatic rings. The first-order valence-electron chi connectivity index (χ1n) is 7.08. The average Bonchev–Trinajstić information content (AvgIpc) is 2.99. The van der Waals surface area contributed by atoms with Crippen molar-refractivity contribution in [3.63, 3.8) is 0 Å². The first kappa shape index (κ1) is 13.9. The number of halogens is 1. The summed E-state index contributed by atoms with van der Waals surface area (Å²) in [5.41, 5.74) is 0.412. The minimum absolute atomic E-state index is 0.112. The molecule has 0 aliphatic carbocycles. The smallest absolute Gasteiger partial charge is 0.218 e. The quantitative estimate of drug-likeness (QED) is 0.794. The lowest BCUT2D eigenvalue weighted by Crippen LogP contribution is -2.22. The highest BCUT2D eigenvalue weighted by molar-refractivity contribution is 5.96. The summed E-state index contributed by atoms with van der Waals surface area (Å²) in [5, 5.41) is 4.28. The number of benzene rings is 1. The monoisotopic (exact) mass is 287 g/mol. The van der Waals surface area contributed by atoms with Crippen LogP contribution >= 0.6 is 0 Å². The van der Waals surface area contributed by atoms with Crippen LogP contribution in [0.3, 0.4) is 0 Å². The third-order valence-corrected chi connectivity index (χ3v) is 3.73. The van der Waals surface area contributed by atoms with E-state index in [1.54, 1.807) is 4.68 Å². The molecule has 1 aliphatic rings. The molecule has 1 aromatic heterocycles. The van der Waals surface area contributed by atoms with Crippen molar-refractivity contribution in [2.75, 3.05) is 0 Å². The summed E-state index contributed by atoms with van der Waals surface area (Å²) in [7, 11) is 0. The van der Waals surface area contributed by atoms with E-state index in [0.717, 1.165) is 5.56 Å². The van der Waals surface area contributed by atoms with Crippen LogP contribution in [-0.4, -0.2) is 20.5 Å². The molecule has 0 unspecified atom stereocenters. The van der Waals surface area contributed by atoms with Crippen molar-refractivity contribution in [1.29, 1.82) is 0 Å². The van der Waals surface area contributed by atoms with Crippen molar-refractivity contribution in [1.82, 2.24) is 14.8 Å². The van der Waals surface area contributed by atoms with Crippen molar-refractivity contribution in [3.05, 3.63) is 47.5 Å². The number of nitrogens with zero attached hydrogens (tertiary/aromatic N) is 3. The Kier molecular flexibility index (Phi) is 3.15. The molecule has 0 N–H and O–H groups in total. The fraction of sp³-hybridized carbons (Fsp3) is 0.438. The van der Waals surface area contributed by atoms with Gasteiger partial charge in [0.05, 0.1) is 6.04 Å². The second kappa shape index (κ2) is 4.76. The van der Waals surface area contributed by atoms with Crippen LogP contribution in [0, 0.1) is 5.41 Å². The summed E-state index contributed by atoms with van der Waals surface area (Å²) in [6, 6.07) is 9.45. The highest BCUT2D eigenvalue weighted by Crippen LogP contribution is 2.39. The molecule has 0 amide bonds. The van der Waals surface area contributed by atoms with E-state index in [4.69, 9.17) is 0 Å². The summed E-state index contributed by atoms with van der Waals surface area (Å²) < 4.78 is 15.8. The van der Waals surface area contributed by atoms with Gasteiger partial charge in [0.15, 0.2) is 12.0 Å². The van der Waals surface area contributed by atoms with Gasteiger partial charge in [-0.15, -0.1) is 5.10 Å². The Hall–Kier alpha value is -2.04. The Morgan fingerprint density at radius 1 is 1.29 bits per heavy atom. The fourth-order valence-corrected chi connectivity index (χ4v) is 2.56. The van der Waals surface area contributed by atoms with Crippen LogP contribution in [0.15, 0.2) is 30.3 Å². The minimum Gasteiger partial charge on any atom is -0.290 e. The molecule has 0 bridgehead atoms. The number of rotatable bonds is 2. The van der Waals surface area contributed by atoms with Crippen LogP contribution in [0.1, 0.15) is 61.4 Å². The normalized spacial score (nSPS) is 21.3. The number of ketones is 1. The molecule has 2 heterocycles. The number of carbonyl (C=O) groups excluding carboxylic acids is 1. The predicted octanol–water partition coefficient (Wildman–Crippen LogP) is 3.51. The zero-order valence-electron chi connectivity index (χ0n) is 12.4. The molecular formula is C16H18FN3O. The number of hydrogen-bond acceptors (Lipinski definition) is 3. The third kappa shape index (κ3) is 2.37. The van der Waals surface area contributed by atoms with Gasteiger partial charge in [0.2, 0.25) is 11.6 Å². The van der Waals surface area contributed by atoms with Gasteiger partial charge in [-0.25, -0.2) is 14.1 Å². The Morgan fingerprint density at radius 2 is 1.95 bits per heavy atom. The molecule has 2 atom stereocenters. The zero-order chi connectivity index (χ0) is 15.2. The first-order valence-corrected chi connectivity index (χ1v) is 7.08. The van der Waals surface area contributed by atoms with E-state index < -0.39 is 11.6 Å². The lowest BCUT2D eigenvalue weighted by atomic mass is 9.90. The van der Waals surface area contributed by atoms with Crippen LogP contribution in [0.25, 0.3) is 0 Å². The van der Waals surface area contributed by atoms with E-state index in [1.807, 2.05) is 51.1 Å². The molecule has 0 saturated carbocycles. The van der Waals surface area contributed by atoms with Crippen LogP contribution in [0.4, 0.5) is 4.39 Å². The molecule has 1 aromatic carbocycles. The number of aromatic nitrogens is 3. The first-order chi connectivity index (χ1) is 9.88. The van der Waals surface area contributed by atoms with Gasteiger partial charge in [-0.3, -0.25) is 4.79 Å². The van der Waals surface area contributed by atoms with Crippen LogP contribution in [0.2, 0.25) is 0 Å². The number of alkyl halides is 1. The maximum Gasteiger partial charge on any atom is 0.218 e. The number of Topliss-reactive ketones (excluding diaryl/α,β-unsaturated/α-hetero) is 1. The molecule has 0 spiro atoms. The third-order valence-electron chi connectivity index (χ3n) is 3.73. The Bertz CT molecular complexity index is 673. The van der Waals surface area contributed by atoms with Gasteiger partial charge in [-0.05, 0) is 5.56 Å². The molecular weight excluding hydrogens is 269 g/mol. The standard InChI is InChI=1S/C16H18FN3O/c1-16(2,3)13(21)14-18-15-11(17)9-12(20(15)19-14)10-7-5-4-6-8-10/h4-8,11-12H,9H2,1-3H3/t11-,12-/m1/s1. The second-order valence-corrected chi connectivity index (χ2v) is 6.45. The predicted molar refractivity (Wildman–Crippen MR) is 76.9 cm³/mol. The number of carbonyl (C=O) groups is 1. The van der Waals surface area contributed by atoms with Crippen molar-refractivity contribution < 1.29 is 9.18 Å². The fourth-order valence-electron chi connectivity index (χ4n) is 2.56. The van der Waals surface area contributed by atoms with Crippen molar-refractivity contribution in [2.45, 2.75) is 39.4 Å². The molecule has 110 valence electrons. The maximum absolute atomic E-state index is 14.2. The lowest BCUT2D eigenvalue weighted by molar-refractivity contribution is 0.0846. The van der Waals surface area contributed by atoms with E-state index in [0.29, 0.717) is 6.42 Å². The van der Waals surface area contributed by atoms with Gasteiger partial charge < -0.3 is 0 Å². The largest absolute Gasteiger partial charge is 0.290 e. The Labute approximate surface area is 123 Å². The summed E-state index contributed by atoms with van der Waals surface area (Å²) in [4.78, 5) is 16.4.